The van der Waals surface area contributed by atoms with Crippen molar-refractivity contribution < 1.29 is 19.4 Å². The molecule has 1 aliphatic rings. The molecule has 1 atom stereocenters. The number of Topliss-reactive ketones (excluding diaryl/α,β-unsaturated/α-hetero) is 1. The number of esters is 1. The average Bonchev–Trinajstić information content (AvgIpc) is 2.37. The van der Waals surface area contributed by atoms with Crippen molar-refractivity contribution in [2.24, 2.45) is 0 Å². The number of carbonyl (C=O) groups excluding carboxylic acids is 2. The number of carbonyl (C=O) groups is 2. The first-order chi connectivity index (χ1) is 8.91. The summed E-state index contributed by atoms with van der Waals surface area (Å²) in [6.07, 6.45) is 0. The maximum absolute atomic E-state index is 12.5. The van der Waals surface area contributed by atoms with Gasteiger partial charge in [-0.2, -0.15) is 0 Å². The van der Waals surface area contributed by atoms with Crippen molar-refractivity contribution in [3.05, 3.63) is 41.0 Å². The Labute approximate surface area is 150 Å². The van der Waals surface area contributed by atoms with Gasteiger partial charge in [-0.1, -0.05) is 0 Å². The van der Waals surface area contributed by atoms with Crippen LogP contribution in [0.25, 0.3) is 5.76 Å². The van der Waals surface area contributed by atoms with Crippen LogP contribution in [0.2, 0.25) is 0 Å². The third-order valence-electron chi connectivity index (χ3n) is 3.37. The van der Waals surface area contributed by atoms with Gasteiger partial charge in [0.05, 0.1) is 0 Å². The fraction of sp³-hybridized carbons (Fsp3) is 0.286. The Morgan fingerprint density at radius 1 is 1.42 bits per heavy atom. The summed E-state index contributed by atoms with van der Waals surface area (Å²) in [6, 6.07) is 7.17. The number of hydrogen-bond acceptors (Lipinski definition) is 4. The summed E-state index contributed by atoms with van der Waals surface area (Å²) in [5.74, 6) is -1.32. The number of ketones is 1. The van der Waals surface area contributed by atoms with E-state index in [1.165, 1.54) is 0 Å². The van der Waals surface area contributed by atoms with Crippen molar-refractivity contribution in [3.63, 3.8) is 0 Å². The molecule has 1 aromatic rings. The van der Waals surface area contributed by atoms with Crippen LogP contribution in [-0.2, 0) is 12.8 Å². The van der Waals surface area contributed by atoms with Gasteiger partial charge >= 0.3 is 152 Å². The van der Waals surface area contributed by atoms with Crippen LogP contribution >= 0.6 is 0 Å². The molecule has 1 N–H and O–H groups in total. The summed E-state index contributed by atoms with van der Waals surface area (Å²) in [7, 11) is 0. The van der Waals surface area contributed by atoms with E-state index in [2.05, 4.69) is 0 Å². The predicted octanol–water partition coefficient (Wildman–Crippen LogP) is 1.49. The molecule has 0 spiro atoms. The molecule has 0 bridgehead atoms. The molecule has 19 heavy (non-hydrogen) atoms. The minimum absolute atomic E-state index is 0.0621. The third kappa shape index (κ3) is 2.51. The Hall–Kier alpha value is -0.295. The summed E-state index contributed by atoms with van der Waals surface area (Å²) in [5, 5.41) is 10.2. The van der Waals surface area contributed by atoms with E-state index in [1.54, 1.807) is 19.1 Å². The van der Waals surface area contributed by atoms with Crippen LogP contribution in [0.4, 0.5) is 0 Å². The topological polar surface area (TPSA) is 63.6 Å². The predicted molar refractivity (Wildman–Crippen MR) is 70.7 cm³/mol. The number of ether oxygens (including phenoxy) is 1. The number of rotatable bonds is 2. The van der Waals surface area contributed by atoms with Gasteiger partial charge in [0.1, 0.15) is 0 Å². The standard InChI is InChI=1S/C14H13O4.Rb/c1-3-18-14(17)11-12(15)8(2)9-6-4-5-7-10(9)13(11)16;/h4-7,16H,3H2,1-2H3;. The number of aliphatic hydroxyl groups excluding tert-OH is 1. The minimum atomic E-state index is -0.737. The molecule has 0 amide bonds. The second kappa shape index (κ2) is 5.60. The first-order valence-corrected chi connectivity index (χ1v) is 8.62. The number of aliphatic hydroxyl groups is 1. The molecule has 1 aromatic carbocycles. The van der Waals surface area contributed by atoms with Crippen molar-refractivity contribution in [2.75, 3.05) is 6.61 Å². The maximum atomic E-state index is 12.5. The van der Waals surface area contributed by atoms with Crippen molar-refractivity contribution in [2.45, 2.75) is 12.3 Å². The van der Waals surface area contributed by atoms with Gasteiger partial charge in [0, 0.05) is 0 Å². The monoisotopic (exact) mass is 330 g/mol. The van der Waals surface area contributed by atoms with Crippen LogP contribution < -0.4 is 0 Å². The van der Waals surface area contributed by atoms with E-state index in [1.807, 2.05) is 19.1 Å². The SMILES string of the molecule is CCOC(=O)C1=C(O)c2ccccc2[C](C)([Rb])C1=O. The fourth-order valence-electron chi connectivity index (χ4n) is 2.30. The summed E-state index contributed by atoms with van der Waals surface area (Å²) in [5.41, 5.74) is 1.16. The second-order valence-corrected chi connectivity index (χ2v) is 9.86. The van der Waals surface area contributed by atoms with Crippen LogP contribution in [-0.4, -0.2) is 79.0 Å². The zero-order valence-corrected chi connectivity index (χ0v) is 16.1. The summed E-state index contributed by atoms with van der Waals surface area (Å²) >= 11 is -0.0621. The van der Waals surface area contributed by atoms with Gasteiger partial charge in [-0.15, -0.1) is 0 Å². The van der Waals surface area contributed by atoms with Crippen LogP contribution in [0.1, 0.15) is 25.0 Å². The molecule has 4 nitrogen and oxygen atoms in total. The van der Waals surface area contributed by atoms with E-state index in [0.717, 1.165) is 5.56 Å². The Balaban J connectivity index is 2.67. The molecule has 0 heterocycles. The molecule has 1 aliphatic carbocycles. The van der Waals surface area contributed by atoms with Crippen molar-refractivity contribution in [3.8, 4) is 0 Å². The summed E-state index contributed by atoms with van der Waals surface area (Å²) in [6.45, 7) is 3.67. The fourth-order valence-corrected chi connectivity index (χ4v) is 3.99. The molecule has 0 saturated carbocycles. The van der Waals surface area contributed by atoms with E-state index >= 15 is 0 Å². The van der Waals surface area contributed by atoms with Crippen LogP contribution in [0.5, 0.6) is 0 Å². The number of fused-ring (bicyclic) bond motifs is 1. The molecular weight excluding hydrogens is 318 g/mol. The second-order valence-electron chi connectivity index (χ2n) is 4.94. The van der Waals surface area contributed by atoms with Gasteiger partial charge < -0.3 is 0 Å². The third-order valence-corrected chi connectivity index (χ3v) is 5.81. The molecule has 0 saturated heterocycles. The van der Waals surface area contributed by atoms with Gasteiger partial charge in [-0.05, 0) is 0 Å². The first kappa shape index (κ1) is 15.1. The number of benzene rings is 1. The molecule has 2 rings (SSSR count). The molecule has 0 radical (unpaired) electrons. The molecule has 5 heteroatoms. The molecule has 0 aromatic heterocycles. The zero-order valence-electron chi connectivity index (χ0n) is 11.2. The van der Waals surface area contributed by atoms with Crippen molar-refractivity contribution >= 4 is 73.0 Å². The van der Waals surface area contributed by atoms with E-state index in [-0.39, 0.29) is 79.3 Å². The molecular formula is C14H13O4Rb. The Kier molecular flexibility index (Phi) is 4.45. The molecule has 0 fully saturated rings. The van der Waals surface area contributed by atoms with Gasteiger partial charge in [0.25, 0.3) is 0 Å². The van der Waals surface area contributed by atoms with Gasteiger partial charge in [-0.25, -0.2) is 0 Å². The van der Waals surface area contributed by atoms with Gasteiger partial charge in [0.2, 0.25) is 0 Å². The molecule has 1 unspecified atom stereocenters. The first-order valence-electron chi connectivity index (χ1n) is 6.16. The van der Waals surface area contributed by atoms with Crippen molar-refractivity contribution in [1.82, 2.24) is 0 Å². The van der Waals surface area contributed by atoms with Crippen molar-refractivity contribution in [1.29, 1.82) is 0 Å². The Morgan fingerprint density at radius 2 is 2.05 bits per heavy atom. The Bertz CT molecular complexity index is 587. The van der Waals surface area contributed by atoms with E-state index in [0.29, 0.717) is 5.56 Å². The normalized spacial score (nSPS) is 22.2. The zero-order chi connectivity index (χ0) is 14.2. The van der Waals surface area contributed by atoms with E-state index < -0.39 is 4.45 Å². The molecule has 0 aliphatic heterocycles. The van der Waals surface area contributed by atoms with Crippen LogP contribution in [0.3, 0.4) is 0 Å². The summed E-state index contributed by atoms with van der Waals surface area (Å²) < 4.78 is 4.23. The van der Waals surface area contributed by atoms with Crippen LogP contribution in [0, 0.1) is 0 Å². The molecule has 94 valence electrons. The number of hydrogen-bond donors (Lipinski definition) is 1. The van der Waals surface area contributed by atoms with E-state index in [9.17, 15) is 14.7 Å². The van der Waals surface area contributed by atoms with Gasteiger partial charge in [0.15, 0.2) is 0 Å². The Morgan fingerprint density at radius 3 is 2.68 bits per heavy atom. The van der Waals surface area contributed by atoms with Crippen LogP contribution in [0.15, 0.2) is 29.8 Å². The summed E-state index contributed by atoms with van der Waals surface area (Å²) in [4.78, 5) is 24.3. The quantitative estimate of drug-likeness (QED) is 0.659. The van der Waals surface area contributed by atoms with E-state index in [4.69, 9.17) is 4.74 Å². The van der Waals surface area contributed by atoms with Gasteiger partial charge in [-0.3, -0.25) is 0 Å². The average molecular weight is 331 g/mol.